The van der Waals surface area contributed by atoms with Crippen LogP contribution in [0.15, 0.2) is 51.8 Å². The number of carbonyl (C=O) groups excluding carboxylic acids is 2. The number of benzene rings is 1. The zero-order chi connectivity index (χ0) is 16.4. The number of carbonyl (C=O) groups is 2. The summed E-state index contributed by atoms with van der Waals surface area (Å²) in [6.45, 7) is 3.83. The monoisotopic (exact) mass is 327 g/mol. The first-order chi connectivity index (χ1) is 11.1. The number of furan rings is 1. The molecule has 0 unspecified atom stereocenters. The Bertz CT molecular complexity index is 764. The second-order valence-corrected chi connectivity index (χ2v) is 6.37. The second-order valence-electron chi connectivity index (χ2n) is 5.38. The Kier molecular flexibility index (Phi) is 4.39. The fourth-order valence-corrected chi connectivity index (χ4v) is 3.27. The van der Waals surface area contributed by atoms with Crippen LogP contribution in [-0.4, -0.2) is 22.1 Å². The van der Waals surface area contributed by atoms with E-state index in [9.17, 15) is 9.59 Å². The topological polar surface area (TPSA) is 50.5 Å². The zero-order valence-corrected chi connectivity index (χ0v) is 13.8. The Balaban J connectivity index is 1.84. The van der Waals surface area contributed by atoms with Gasteiger partial charge in [-0.15, -0.1) is 0 Å². The third-order valence-electron chi connectivity index (χ3n) is 3.81. The van der Waals surface area contributed by atoms with E-state index in [1.54, 1.807) is 12.1 Å². The molecule has 1 aromatic heterocycles. The summed E-state index contributed by atoms with van der Waals surface area (Å²) in [4.78, 5) is 26.1. The molecule has 1 saturated heterocycles. The van der Waals surface area contributed by atoms with E-state index in [1.165, 1.54) is 4.90 Å². The molecule has 3 rings (SSSR count). The van der Waals surface area contributed by atoms with Crippen LogP contribution in [0.25, 0.3) is 17.4 Å². The van der Waals surface area contributed by atoms with Gasteiger partial charge in [-0.05, 0) is 37.2 Å². The Morgan fingerprint density at radius 3 is 2.61 bits per heavy atom. The van der Waals surface area contributed by atoms with E-state index in [-0.39, 0.29) is 17.2 Å². The normalized spacial score (nSPS) is 18.0. The number of amides is 2. The Morgan fingerprint density at radius 1 is 1.17 bits per heavy atom. The molecule has 2 aromatic rings. The molecular formula is C18H17NO3S. The minimum Gasteiger partial charge on any atom is -0.457 e. The van der Waals surface area contributed by atoms with Crippen LogP contribution < -0.4 is 0 Å². The average molecular weight is 327 g/mol. The molecule has 0 bridgehead atoms. The molecule has 0 aliphatic carbocycles. The Morgan fingerprint density at radius 2 is 1.91 bits per heavy atom. The summed E-state index contributed by atoms with van der Waals surface area (Å²) in [5, 5.41) is -0.217. The van der Waals surface area contributed by atoms with Crippen molar-refractivity contribution in [1.82, 2.24) is 4.90 Å². The SMILES string of the molecule is CC[C@H](C)N1C(=O)S/C(=C/c2ccc(-c3ccccc3)o2)C1=O. The van der Waals surface area contributed by atoms with Crippen molar-refractivity contribution in [2.75, 3.05) is 0 Å². The van der Waals surface area contributed by atoms with E-state index in [2.05, 4.69) is 0 Å². The predicted molar refractivity (Wildman–Crippen MR) is 91.7 cm³/mol. The first-order valence-electron chi connectivity index (χ1n) is 7.52. The van der Waals surface area contributed by atoms with Gasteiger partial charge in [-0.2, -0.15) is 0 Å². The summed E-state index contributed by atoms with van der Waals surface area (Å²) in [7, 11) is 0. The molecular weight excluding hydrogens is 310 g/mol. The minimum absolute atomic E-state index is 0.0927. The quantitative estimate of drug-likeness (QED) is 0.758. The molecule has 118 valence electrons. The van der Waals surface area contributed by atoms with E-state index in [0.717, 1.165) is 29.5 Å². The average Bonchev–Trinajstić information content (AvgIpc) is 3.13. The number of hydrogen-bond donors (Lipinski definition) is 0. The largest absolute Gasteiger partial charge is 0.457 e. The van der Waals surface area contributed by atoms with E-state index in [4.69, 9.17) is 4.42 Å². The third kappa shape index (κ3) is 3.10. The third-order valence-corrected chi connectivity index (χ3v) is 4.70. The van der Waals surface area contributed by atoms with Crippen molar-refractivity contribution >= 4 is 29.0 Å². The van der Waals surface area contributed by atoms with Crippen LogP contribution in [0.4, 0.5) is 4.79 Å². The zero-order valence-electron chi connectivity index (χ0n) is 13.0. The summed E-state index contributed by atoms with van der Waals surface area (Å²) in [5.74, 6) is 1.06. The van der Waals surface area contributed by atoms with Crippen molar-refractivity contribution in [2.45, 2.75) is 26.3 Å². The van der Waals surface area contributed by atoms with Crippen molar-refractivity contribution in [3.05, 3.63) is 53.1 Å². The number of imide groups is 1. The maximum Gasteiger partial charge on any atom is 0.293 e. The lowest BCUT2D eigenvalue weighted by Gasteiger charge is -2.19. The molecule has 2 amide bonds. The molecule has 23 heavy (non-hydrogen) atoms. The maximum absolute atomic E-state index is 12.4. The molecule has 0 spiro atoms. The lowest BCUT2D eigenvalue weighted by Crippen LogP contribution is -2.36. The lowest BCUT2D eigenvalue weighted by molar-refractivity contribution is -0.124. The Labute approximate surface area is 139 Å². The van der Waals surface area contributed by atoms with Gasteiger partial charge in [-0.25, -0.2) is 0 Å². The molecule has 1 fully saturated rings. The summed E-state index contributed by atoms with van der Waals surface area (Å²) < 4.78 is 5.77. The lowest BCUT2D eigenvalue weighted by atomic mass is 10.2. The van der Waals surface area contributed by atoms with Gasteiger partial charge in [-0.3, -0.25) is 14.5 Å². The standard InChI is InChI=1S/C18H17NO3S/c1-3-12(2)19-17(20)16(23-18(19)21)11-14-9-10-15(22-14)13-7-5-4-6-8-13/h4-12H,3H2,1-2H3/b16-11+/t12-/m0/s1. The molecule has 4 nitrogen and oxygen atoms in total. The van der Waals surface area contributed by atoms with Gasteiger partial charge in [0.15, 0.2) is 0 Å². The van der Waals surface area contributed by atoms with Gasteiger partial charge < -0.3 is 4.42 Å². The minimum atomic E-state index is -0.244. The smallest absolute Gasteiger partial charge is 0.293 e. The van der Waals surface area contributed by atoms with E-state index < -0.39 is 0 Å². The van der Waals surface area contributed by atoms with Crippen LogP contribution in [0.1, 0.15) is 26.0 Å². The van der Waals surface area contributed by atoms with E-state index in [0.29, 0.717) is 10.7 Å². The predicted octanol–water partition coefficient (Wildman–Crippen LogP) is 4.78. The van der Waals surface area contributed by atoms with Gasteiger partial charge in [0.05, 0.1) is 4.91 Å². The van der Waals surface area contributed by atoms with Crippen molar-refractivity contribution in [3.63, 3.8) is 0 Å². The van der Waals surface area contributed by atoms with Crippen molar-refractivity contribution < 1.29 is 14.0 Å². The highest BCUT2D eigenvalue weighted by Crippen LogP contribution is 2.34. The fraction of sp³-hybridized carbons (Fsp3) is 0.222. The molecule has 0 saturated carbocycles. The van der Waals surface area contributed by atoms with Crippen molar-refractivity contribution in [2.24, 2.45) is 0 Å². The molecule has 2 heterocycles. The van der Waals surface area contributed by atoms with Gasteiger partial charge in [0.1, 0.15) is 11.5 Å². The van der Waals surface area contributed by atoms with Crippen molar-refractivity contribution in [3.8, 4) is 11.3 Å². The second kappa shape index (κ2) is 6.46. The first kappa shape index (κ1) is 15.6. The molecule has 1 aliphatic heterocycles. The summed E-state index contributed by atoms with van der Waals surface area (Å²) in [6.07, 6.45) is 2.38. The fourth-order valence-electron chi connectivity index (χ4n) is 2.36. The van der Waals surface area contributed by atoms with Gasteiger partial charge in [-0.1, -0.05) is 37.3 Å². The summed E-state index contributed by atoms with van der Waals surface area (Å²) >= 11 is 0.964. The summed E-state index contributed by atoms with van der Waals surface area (Å²) in [6, 6.07) is 13.3. The van der Waals surface area contributed by atoms with Crippen LogP contribution in [-0.2, 0) is 4.79 Å². The molecule has 5 heteroatoms. The van der Waals surface area contributed by atoms with Gasteiger partial charge in [0.25, 0.3) is 11.1 Å². The van der Waals surface area contributed by atoms with Crippen LogP contribution in [0.5, 0.6) is 0 Å². The number of rotatable bonds is 4. The molecule has 1 aliphatic rings. The highest BCUT2D eigenvalue weighted by Gasteiger charge is 2.37. The van der Waals surface area contributed by atoms with Gasteiger partial charge in [0.2, 0.25) is 0 Å². The number of hydrogen-bond acceptors (Lipinski definition) is 4. The van der Waals surface area contributed by atoms with Gasteiger partial charge in [0, 0.05) is 17.7 Å². The van der Waals surface area contributed by atoms with Crippen molar-refractivity contribution in [1.29, 1.82) is 0 Å². The maximum atomic E-state index is 12.4. The van der Waals surface area contributed by atoms with Crippen LogP contribution >= 0.6 is 11.8 Å². The molecule has 0 N–H and O–H groups in total. The number of nitrogens with zero attached hydrogens (tertiary/aromatic N) is 1. The van der Waals surface area contributed by atoms with Crippen LogP contribution in [0, 0.1) is 0 Å². The highest BCUT2D eigenvalue weighted by molar-refractivity contribution is 8.18. The number of thioether (sulfide) groups is 1. The van der Waals surface area contributed by atoms with E-state index >= 15 is 0 Å². The van der Waals surface area contributed by atoms with E-state index in [1.807, 2.05) is 50.2 Å². The van der Waals surface area contributed by atoms with Crippen LogP contribution in [0.3, 0.4) is 0 Å². The molecule has 0 radical (unpaired) electrons. The summed E-state index contributed by atoms with van der Waals surface area (Å²) in [5.41, 5.74) is 0.972. The van der Waals surface area contributed by atoms with Gasteiger partial charge >= 0.3 is 0 Å². The highest BCUT2D eigenvalue weighted by atomic mass is 32.2. The molecule has 1 aromatic carbocycles. The van der Waals surface area contributed by atoms with Crippen LogP contribution in [0.2, 0.25) is 0 Å². The first-order valence-corrected chi connectivity index (χ1v) is 8.34. The molecule has 1 atom stereocenters. The Hall–Kier alpha value is -2.27.